The van der Waals surface area contributed by atoms with Crippen molar-refractivity contribution in [3.05, 3.63) is 46.8 Å². The number of benzene rings is 1. The van der Waals surface area contributed by atoms with Crippen LogP contribution in [0.5, 0.6) is 0 Å². The van der Waals surface area contributed by atoms with Gasteiger partial charge in [-0.25, -0.2) is 9.97 Å². The molecule has 2 aromatic heterocycles. The summed E-state index contributed by atoms with van der Waals surface area (Å²) in [5.74, 6) is 1.73. The molecule has 1 aromatic carbocycles. The zero-order chi connectivity index (χ0) is 19.3. The summed E-state index contributed by atoms with van der Waals surface area (Å²) >= 11 is 0. The third kappa shape index (κ3) is 3.11. The van der Waals surface area contributed by atoms with Crippen molar-refractivity contribution in [2.75, 3.05) is 24.1 Å². The van der Waals surface area contributed by atoms with Crippen LogP contribution in [0.3, 0.4) is 0 Å². The number of Topliss-reactive ketones (excluding diaryl/α,β-unsaturated/α-hetero) is 1. The molecule has 0 spiro atoms. The largest absolute Gasteiger partial charge is 0.384 e. The zero-order valence-corrected chi connectivity index (χ0v) is 16.0. The molecule has 7 nitrogen and oxygen atoms in total. The van der Waals surface area contributed by atoms with Gasteiger partial charge in [-0.3, -0.25) is 9.69 Å². The van der Waals surface area contributed by atoms with Crippen LogP contribution in [-0.2, 0) is 17.8 Å². The highest BCUT2D eigenvalue weighted by atomic mass is 16.1. The second-order valence-corrected chi connectivity index (χ2v) is 7.86. The highest BCUT2D eigenvalue weighted by Crippen LogP contribution is 2.37. The van der Waals surface area contributed by atoms with E-state index in [2.05, 4.69) is 43.4 Å². The molecule has 1 saturated heterocycles. The highest BCUT2D eigenvalue weighted by molar-refractivity contribution is 5.80. The van der Waals surface area contributed by atoms with E-state index in [1.165, 1.54) is 16.8 Å². The van der Waals surface area contributed by atoms with E-state index in [-0.39, 0.29) is 6.04 Å². The molecule has 28 heavy (non-hydrogen) atoms. The molecule has 1 fully saturated rings. The maximum absolute atomic E-state index is 11.4. The van der Waals surface area contributed by atoms with Crippen molar-refractivity contribution in [2.24, 2.45) is 0 Å². The number of aromatic nitrogens is 3. The molecule has 0 aliphatic carbocycles. The van der Waals surface area contributed by atoms with Gasteiger partial charge in [-0.15, -0.1) is 0 Å². The van der Waals surface area contributed by atoms with Crippen molar-refractivity contribution in [1.82, 2.24) is 19.9 Å². The number of carbonyl (C=O) groups is 1. The first-order chi connectivity index (χ1) is 13.5. The third-order valence-corrected chi connectivity index (χ3v) is 5.74. The average molecular weight is 376 g/mol. The van der Waals surface area contributed by atoms with Crippen LogP contribution in [0.15, 0.2) is 24.3 Å². The van der Waals surface area contributed by atoms with Gasteiger partial charge in [0.1, 0.15) is 22.9 Å². The van der Waals surface area contributed by atoms with Crippen LogP contribution >= 0.6 is 0 Å². The highest BCUT2D eigenvalue weighted by Gasteiger charge is 2.26. The molecular weight excluding hydrogens is 352 g/mol. The summed E-state index contributed by atoms with van der Waals surface area (Å²) in [6, 6.07) is 8.69. The summed E-state index contributed by atoms with van der Waals surface area (Å²) in [5.41, 5.74) is 12.5. The van der Waals surface area contributed by atoms with Gasteiger partial charge < -0.3 is 16.0 Å². The van der Waals surface area contributed by atoms with Gasteiger partial charge in [-0.1, -0.05) is 12.1 Å². The lowest BCUT2D eigenvalue weighted by Crippen LogP contribution is -2.33. The molecule has 2 aliphatic heterocycles. The number of fused-ring (bicyclic) bond motifs is 2. The number of aryl methyl sites for hydroxylation is 1. The Labute approximate surface area is 163 Å². The minimum Gasteiger partial charge on any atom is -0.384 e. The Hall–Kier alpha value is -2.93. The summed E-state index contributed by atoms with van der Waals surface area (Å²) in [6.45, 7) is 4.56. The van der Waals surface area contributed by atoms with Crippen molar-refractivity contribution in [1.29, 1.82) is 0 Å². The van der Waals surface area contributed by atoms with E-state index in [9.17, 15) is 4.79 Å². The van der Waals surface area contributed by atoms with Crippen molar-refractivity contribution in [3.63, 3.8) is 0 Å². The maximum atomic E-state index is 11.4. The molecule has 1 atom stereocenters. The molecule has 5 rings (SSSR count). The molecule has 0 amide bonds. The van der Waals surface area contributed by atoms with E-state index in [4.69, 9.17) is 5.73 Å². The number of anilines is 2. The topological polar surface area (TPSA) is 99.9 Å². The number of hydrogen-bond acceptors (Lipinski definition) is 6. The Morgan fingerprint density at radius 1 is 1.21 bits per heavy atom. The number of ketones is 1. The predicted molar refractivity (Wildman–Crippen MR) is 109 cm³/mol. The molecule has 2 aliphatic rings. The Bertz CT molecular complexity index is 1060. The number of rotatable bonds is 3. The summed E-state index contributed by atoms with van der Waals surface area (Å²) < 4.78 is 0. The molecule has 4 N–H and O–H groups in total. The molecular formula is C21H24N6O. The molecule has 144 valence electrons. The Kier molecular flexibility index (Phi) is 4.05. The monoisotopic (exact) mass is 376 g/mol. The van der Waals surface area contributed by atoms with E-state index in [1.54, 1.807) is 0 Å². The smallest absolute Gasteiger partial charge is 0.160 e. The number of nitrogens with zero attached hydrogens (tertiary/aromatic N) is 3. The fourth-order valence-electron chi connectivity index (χ4n) is 4.34. The number of hydrogen-bond donors (Lipinski definition) is 3. The van der Waals surface area contributed by atoms with Crippen molar-refractivity contribution >= 4 is 28.5 Å². The lowest BCUT2D eigenvalue weighted by atomic mass is 10.0. The zero-order valence-electron chi connectivity index (χ0n) is 16.0. The number of piperidine rings is 1. The first-order valence-electron chi connectivity index (χ1n) is 9.80. The normalized spacial score (nSPS) is 19.8. The fourth-order valence-corrected chi connectivity index (χ4v) is 4.34. The Morgan fingerprint density at radius 2 is 2.04 bits per heavy atom. The van der Waals surface area contributed by atoms with Gasteiger partial charge >= 0.3 is 0 Å². The van der Waals surface area contributed by atoms with Crippen molar-refractivity contribution in [2.45, 2.75) is 38.8 Å². The molecule has 0 bridgehead atoms. The number of imidazole rings is 1. The number of nitrogen functional groups attached to an aromatic ring is 1. The molecule has 4 heterocycles. The van der Waals surface area contributed by atoms with Crippen LogP contribution in [0, 0.1) is 6.92 Å². The van der Waals surface area contributed by atoms with E-state index >= 15 is 0 Å². The van der Waals surface area contributed by atoms with Crippen LogP contribution in [0.1, 0.15) is 41.4 Å². The van der Waals surface area contributed by atoms with Crippen LogP contribution in [0.25, 0.3) is 11.2 Å². The lowest BCUT2D eigenvalue weighted by Gasteiger charge is -2.25. The minimum atomic E-state index is 0.133. The predicted octanol–water partition coefficient (Wildman–Crippen LogP) is 2.72. The first-order valence-corrected chi connectivity index (χ1v) is 9.80. The number of nitrogens with one attached hydrogen (secondary N) is 2. The summed E-state index contributed by atoms with van der Waals surface area (Å²) in [6.07, 6.45) is 2.25. The first kappa shape index (κ1) is 17.2. The van der Waals surface area contributed by atoms with Gasteiger partial charge in [0.25, 0.3) is 0 Å². The number of pyridine rings is 1. The lowest BCUT2D eigenvalue weighted by molar-refractivity contribution is -0.121. The number of carbonyl (C=O) groups excluding carboxylic acids is 1. The maximum Gasteiger partial charge on any atom is 0.160 e. The summed E-state index contributed by atoms with van der Waals surface area (Å²) in [5, 5.41) is 3.62. The van der Waals surface area contributed by atoms with Gasteiger partial charge in [0, 0.05) is 43.7 Å². The van der Waals surface area contributed by atoms with Crippen LogP contribution < -0.4 is 11.1 Å². The van der Waals surface area contributed by atoms with Gasteiger partial charge in [0.05, 0.1) is 6.04 Å². The average Bonchev–Trinajstić information content (AvgIpc) is 3.25. The van der Waals surface area contributed by atoms with Crippen molar-refractivity contribution in [3.8, 4) is 0 Å². The molecule has 7 heteroatoms. The second-order valence-electron chi connectivity index (χ2n) is 7.86. The number of nitrogens with two attached hydrogens (primary N) is 1. The Morgan fingerprint density at radius 3 is 2.86 bits per heavy atom. The van der Waals surface area contributed by atoms with Crippen LogP contribution in [-0.4, -0.2) is 38.7 Å². The third-order valence-electron chi connectivity index (χ3n) is 5.74. The van der Waals surface area contributed by atoms with E-state index in [1.807, 2.05) is 13.0 Å². The van der Waals surface area contributed by atoms with Gasteiger partial charge in [-0.2, -0.15) is 0 Å². The molecule has 1 unspecified atom stereocenters. The van der Waals surface area contributed by atoms with Gasteiger partial charge in [-0.05, 0) is 36.6 Å². The second kappa shape index (κ2) is 6.60. The molecule has 0 saturated carbocycles. The Balaban J connectivity index is 1.38. The van der Waals surface area contributed by atoms with E-state index < -0.39 is 0 Å². The summed E-state index contributed by atoms with van der Waals surface area (Å²) in [4.78, 5) is 26.0. The number of aromatic amines is 1. The van der Waals surface area contributed by atoms with Gasteiger partial charge in [0.15, 0.2) is 5.65 Å². The van der Waals surface area contributed by atoms with Gasteiger partial charge in [0.2, 0.25) is 0 Å². The molecule has 3 aromatic rings. The van der Waals surface area contributed by atoms with Crippen LogP contribution in [0.2, 0.25) is 0 Å². The fraction of sp³-hybridized carbons (Fsp3) is 0.381. The standard InChI is InChI=1S/C21H24N6O/c1-12-23-20-16(10-19(22)26-21(20)24-12)18-9-14-8-13(2-3-17(14)25-18)11-27-6-4-15(28)5-7-27/h2-3,8,10,18,25H,4-7,9,11H2,1H3,(H3,22,23,24,26). The van der Waals surface area contributed by atoms with E-state index in [0.29, 0.717) is 24.4 Å². The quantitative estimate of drug-likeness (QED) is 0.650. The minimum absolute atomic E-state index is 0.133. The van der Waals surface area contributed by atoms with Crippen molar-refractivity contribution < 1.29 is 4.79 Å². The molecule has 0 radical (unpaired) electrons. The number of H-pyrrole nitrogens is 1. The SMILES string of the molecule is Cc1nc2c(C3Cc4cc(CN5CCC(=O)CC5)ccc4N3)cc(N)nc2[nH]1. The van der Waals surface area contributed by atoms with E-state index in [0.717, 1.165) is 48.6 Å². The number of likely N-dealkylation sites (tertiary alicyclic amines) is 1. The summed E-state index contributed by atoms with van der Waals surface area (Å²) in [7, 11) is 0. The van der Waals surface area contributed by atoms with Crippen LogP contribution in [0.4, 0.5) is 11.5 Å².